The molecule has 0 saturated heterocycles. The van der Waals surface area contributed by atoms with Gasteiger partial charge in [0.1, 0.15) is 11.6 Å². The van der Waals surface area contributed by atoms with Crippen LogP contribution >= 0.6 is 11.6 Å². The van der Waals surface area contributed by atoms with Gasteiger partial charge in [0, 0.05) is 24.5 Å². The Morgan fingerprint density at radius 3 is 2.78 bits per heavy atom. The smallest absolute Gasteiger partial charge is 0.139 e. The third-order valence-corrected chi connectivity index (χ3v) is 2.90. The molecule has 0 aliphatic carbocycles. The molecule has 2 rings (SSSR count). The van der Waals surface area contributed by atoms with Gasteiger partial charge in [0.2, 0.25) is 0 Å². The molecule has 0 saturated carbocycles. The summed E-state index contributed by atoms with van der Waals surface area (Å²) >= 11 is 6.22. The molecule has 0 spiro atoms. The molecule has 18 heavy (non-hydrogen) atoms. The number of ether oxygens (including phenoxy) is 1. The molecular weight excluding hydrogens is 248 g/mol. The van der Waals surface area contributed by atoms with Crippen LogP contribution in [-0.2, 0) is 6.54 Å². The molecule has 2 aromatic rings. The molecule has 0 amide bonds. The van der Waals surface area contributed by atoms with Crippen molar-refractivity contribution in [1.82, 2.24) is 9.55 Å². The highest BCUT2D eigenvalue weighted by atomic mass is 35.5. The van der Waals surface area contributed by atoms with Gasteiger partial charge in [0.25, 0.3) is 0 Å². The van der Waals surface area contributed by atoms with Crippen molar-refractivity contribution in [2.75, 3.05) is 0 Å². The van der Waals surface area contributed by atoms with Crippen molar-refractivity contribution in [3.05, 3.63) is 35.6 Å². The van der Waals surface area contributed by atoms with Crippen LogP contribution < -0.4 is 4.74 Å². The maximum absolute atomic E-state index is 6.22. The molecule has 0 unspecified atom stereocenters. The fraction of sp³-hybridized carbons (Fsp3) is 0.357. The quantitative estimate of drug-likeness (QED) is 0.834. The Bertz CT molecular complexity index is 534. The first-order chi connectivity index (χ1) is 8.61. The van der Waals surface area contributed by atoms with E-state index in [-0.39, 0.29) is 6.10 Å². The summed E-state index contributed by atoms with van der Waals surface area (Å²) in [4.78, 5) is 4.35. The van der Waals surface area contributed by atoms with Gasteiger partial charge >= 0.3 is 0 Å². The van der Waals surface area contributed by atoms with Crippen LogP contribution in [0, 0.1) is 0 Å². The van der Waals surface area contributed by atoms with Gasteiger partial charge in [-0.15, -0.1) is 0 Å². The van der Waals surface area contributed by atoms with Crippen LogP contribution in [0.25, 0.3) is 11.4 Å². The topological polar surface area (TPSA) is 27.1 Å². The number of nitrogens with zero attached hydrogens (tertiary/aromatic N) is 2. The highest BCUT2D eigenvalue weighted by Gasteiger charge is 2.09. The van der Waals surface area contributed by atoms with Crippen LogP contribution in [-0.4, -0.2) is 15.7 Å². The minimum absolute atomic E-state index is 0.117. The number of imidazole rings is 1. The summed E-state index contributed by atoms with van der Waals surface area (Å²) in [6.45, 7) is 6.93. The van der Waals surface area contributed by atoms with E-state index in [9.17, 15) is 0 Å². The van der Waals surface area contributed by atoms with Gasteiger partial charge < -0.3 is 9.30 Å². The first kappa shape index (κ1) is 13.0. The fourth-order valence-corrected chi connectivity index (χ4v) is 2.04. The molecule has 0 radical (unpaired) electrons. The molecule has 3 nitrogen and oxygen atoms in total. The van der Waals surface area contributed by atoms with E-state index in [4.69, 9.17) is 16.3 Å². The molecule has 4 heteroatoms. The minimum atomic E-state index is 0.117. The predicted molar refractivity (Wildman–Crippen MR) is 74.1 cm³/mol. The molecule has 0 N–H and O–H groups in total. The molecule has 0 aliphatic heterocycles. The largest absolute Gasteiger partial charge is 0.489 e. The van der Waals surface area contributed by atoms with Gasteiger partial charge in [-0.3, -0.25) is 0 Å². The predicted octanol–water partition coefficient (Wildman–Crippen LogP) is 4.01. The molecular formula is C14H17ClN2O. The number of aromatic nitrogens is 2. The van der Waals surface area contributed by atoms with Crippen LogP contribution in [0.1, 0.15) is 20.8 Å². The average molecular weight is 265 g/mol. The summed E-state index contributed by atoms with van der Waals surface area (Å²) in [6, 6.07) is 5.78. The van der Waals surface area contributed by atoms with Gasteiger partial charge in [-0.1, -0.05) is 11.6 Å². The van der Waals surface area contributed by atoms with Crippen LogP contribution in [0.4, 0.5) is 0 Å². The zero-order valence-electron chi connectivity index (χ0n) is 10.9. The SMILES string of the molecule is CCn1ccnc1-c1ccc(OC(C)C)c(Cl)c1. The standard InChI is InChI=1S/C14H17ClN2O/c1-4-17-8-7-16-14(17)11-5-6-13(12(15)9-11)18-10(2)3/h5-10H,4H2,1-3H3. The van der Waals surface area contributed by atoms with Crippen molar-refractivity contribution >= 4 is 11.6 Å². The Morgan fingerprint density at radius 1 is 1.39 bits per heavy atom. The van der Waals surface area contributed by atoms with Gasteiger partial charge in [-0.2, -0.15) is 0 Å². The number of benzene rings is 1. The minimum Gasteiger partial charge on any atom is -0.489 e. The van der Waals surface area contributed by atoms with Gasteiger partial charge in [0.15, 0.2) is 0 Å². The lowest BCUT2D eigenvalue weighted by Crippen LogP contribution is -2.06. The molecule has 96 valence electrons. The van der Waals surface area contributed by atoms with Gasteiger partial charge in [-0.05, 0) is 39.0 Å². The van der Waals surface area contributed by atoms with E-state index < -0.39 is 0 Å². The van der Waals surface area contributed by atoms with E-state index in [0.717, 1.165) is 17.9 Å². The van der Waals surface area contributed by atoms with Crippen molar-refractivity contribution in [3.63, 3.8) is 0 Å². The summed E-state index contributed by atoms with van der Waals surface area (Å²) in [5.74, 6) is 1.64. The third-order valence-electron chi connectivity index (χ3n) is 2.61. The highest BCUT2D eigenvalue weighted by Crippen LogP contribution is 2.30. The number of rotatable bonds is 4. The second-order valence-electron chi connectivity index (χ2n) is 4.35. The molecule has 1 aromatic heterocycles. The Hall–Kier alpha value is -1.48. The summed E-state index contributed by atoms with van der Waals surface area (Å²) < 4.78 is 7.69. The van der Waals surface area contributed by atoms with Crippen LogP contribution in [0.5, 0.6) is 5.75 Å². The van der Waals surface area contributed by atoms with Crippen molar-refractivity contribution < 1.29 is 4.74 Å². The number of halogens is 1. The molecule has 1 aromatic carbocycles. The van der Waals surface area contributed by atoms with Gasteiger partial charge in [0.05, 0.1) is 11.1 Å². The number of hydrogen-bond acceptors (Lipinski definition) is 2. The second-order valence-corrected chi connectivity index (χ2v) is 4.76. The monoisotopic (exact) mass is 264 g/mol. The Kier molecular flexibility index (Phi) is 3.92. The Labute approximate surface area is 112 Å². The molecule has 0 atom stereocenters. The van der Waals surface area contributed by atoms with Gasteiger partial charge in [-0.25, -0.2) is 4.98 Å². The molecule has 0 aliphatic rings. The zero-order valence-corrected chi connectivity index (χ0v) is 11.6. The van der Waals surface area contributed by atoms with Crippen LogP contribution in [0.3, 0.4) is 0 Å². The maximum Gasteiger partial charge on any atom is 0.139 e. The first-order valence-electron chi connectivity index (χ1n) is 6.09. The summed E-state index contributed by atoms with van der Waals surface area (Å²) in [5.41, 5.74) is 1.00. The van der Waals surface area contributed by atoms with E-state index in [1.54, 1.807) is 6.20 Å². The summed E-state index contributed by atoms with van der Waals surface area (Å²) in [6.07, 6.45) is 3.87. The molecule has 0 bridgehead atoms. The van der Waals surface area contributed by atoms with Crippen molar-refractivity contribution in [1.29, 1.82) is 0 Å². The van der Waals surface area contributed by atoms with Crippen molar-refractivity contribution in [2.24, 2.45) is 0 Å². The van der Waals surface area contributed by atoms with Crippen LogP contribution in [0.2, 0.25) is 5.02 Å². The number of hydrogen-bond donors (Lipinski definition) is 0. The van der Waals surface area contributed by atoms with E-state index >= 15 is 0 Å². The first-order valence-corrected chi connectivity index (χ1v) is 6.47. The van der Waals surface area contributed by atoms with Crippen LogP contribution in [0.15, 0.2) is 30.6 Å². The lowest BCUT2D eigenvalue weighted by atomic mass is 10.2. The van der Waals surface area contributed by atoms with E-state index in [1.807, 2.05) is 38.2 Å². The Balaban J connectivity index is 2.34. The molecule has 0 fully saturated rings. The second kappa shape index (κ2) is 5.44. The Morgan fingerprint density at radius 2 is 2.17 bits per heavy atom. The summed E-state index contributed by atoms with van der Waals surface area (Å²) in [5, 5.41) is 0.617. The fourth-order valence-electron chi connectivity index (χ4n) is 1.81. The van der Waals surface area contributed by atoms with Crippen molar-refractivity contribution in [3.8, 4) is 17.1 Å². The van der Waals surface area contributed by atoms with Crippen molar-refractivity contribution in [2.45, 2.75) is 33.4 Å². The van der Waals surface area contributed by atoms with E-state index in [2.05, 4.69) is 16.5 Å². The van der Waals surface area contributed by atoms with E-state index in [0.29, 0.717) is 10.8 Å². The number of aryl methyl sites for hydroxylation is 1. The lowest BCUT2D eigenvalue weighted by molar-refractivity contribution is 0.242. The third kappa shape index (κ3) is 2.67. The highest BCUT2D eigenvalue weighted by molar-refractivity contribution is 6.32. The molecule has 1 heterocycles. The lowest BCUT2D eigenvalue weighted by Gasteiger charge is -2.12. The average Bonchev–Trinajstić information content (AvgIpc) is 2.79. The summed E-state index contributed by atoms with van der Waals surface area (Å²) in [7, 11) is 0. The zero-order chi connectivity index (χ0) is 13.1. The maximum atomic E-state index is 6.22. The normalized spacial score (nSPS) is 10.9. The van der Waals surface area contributed by atoms with E-state index in [1.165, 1.54) is 0 Å².